The summed E-state index contributed by atoms with van der Waals surface area (Å²) in [5.41, 5.74) is 1.06. The Morgan fingerprint density at radius 3 is 3.00 bits per heavy atom. The lowest BCUT2D eigenvalue weighted by molar-refractivity contribution is 0.378. The fourth-order valence-corrected chi connectivity index (χ4v) is 0.972. The molecule has 0 fully saturated rings. The zero-order valence-electron chi connectivity index (χ0n) is 7.58. The molecule has 0 radical (unpaired) electrons. The predicted octanol–water partition coefficient (Wildman–Crippen LogP) is 1.83. The molecular formula is C9H14N2O. The lowest BCUT2D eigenvalue weighted by atomic mass is 10.2. The molecule has 0 aliphatic carbocycles. The normalized spacial score (nSPS) is 9.83. The van der Waals surface area contributed by atoms with Gasteiger partial charge in [0.1, 0.15) is 0 Å². The Kier molecular flexibility index (Phi) is 3.51. The number of methoxy groups -OCH3 is 1. The van der Waals surface area contributed by atoms with Crippen molar-refractivity contribution in [3.8, 4) is 6.01 Å². The van der Waals surface area contributed by atoms with E-state index >= 15 is 0 Å². The van der Waals surface area contributed by atoms with E-state index in [1.165, 1.54) is 12.8 Å². The number of aryl methyl sites for hydroxylation is 1. The molecule has 0 N–H and O–H groups in total. The van der Waals surface area contributed by atoms with Crippen LogP contribution in [0.5, 0.6) is 6.01 Å². The molecule has 0 atom stereocenters. The Bertz CT molecular complexity index is 238. The summed E-state index contributed by atoms with van der Waals surface area (Å²) in [7, 11) is 1.58. The third-order valence-electron chi connectivity index (χ3n) is 1.66. The molecule has 12 heavy (non-hydrogen) atoms. The average Bonchev–Trinajstić information content (AvgIpc) is 2.15. The standard InChI is InChI=1S/C9H14N2O/c1-3-4-5-8-6-7-10-9(11-8)12-2/h6-7H,3-5H2,1-2H3. The highest BCUT2D eigenvalue weighted by atomic mass is 16.5. The Hall–Kier alpha value is -1.12. The second-order valence-electron chi connectivity index (χ2n) is 2.64. The fraction of sp³-hybridized carbons (Fsp3) is 0.556. The van der Waals surface area contributed by atoms with Gasteiger partial charge in [-0.25, -0.2) is 9.97 Å². The number of aromatic nitrogens is 2. The summed E-state index contributed by atoms with van der Waals surface area (Å²) in [6.45, 7) is 2.17. The van der Waals surface area contributed by atoms with Crippen LogP contribution in [0.15, 0.2) is 12.3 Å². The molecule has 0 unspecified atom stereocenters. The van der Waals surface area contributed by atoms with Crippen LogP contribution in [0.25, 0.3) is 0 Å². The summed E-state index contributed by atoms with van der Waals surface area (Å²) >= 11 is 0. The maximum Gasteiger partial charge on any atom is 0.316 e. The zero-order valence-corrected chi connectivity index (χ0v) is 7.58. The molecule has 0 saturated heterocycles. The fourth-order valence-electron chi connectivity index (χ4n) is 0.972. The largest absolute Gasteiger partial charge is 0.467 e. The number of hydrogen-bond acceptors (Lipinski definition) is 3. The Labute approximate surface area is 72.8 Å². The lowest BCUT2D eigenvalue weighted by Gasteiger charge is -2.00. The quantitative estimate of drug-likeness (QED) is 0.684. The van der Waals surface area contributed by atoms with Gasteiger partial charge in [0, 0.05) is 11.9 Å². The van der Waals surface area contributed by atoms with Crippen LogP contribution in [-0.4, -0.2) is 17.1 Å². The van der Waals surface area contributed by atoms with Crippen LogP contribution >= 0.6 is 0 Å². The molecule has 0 aliphatic heterocycles. The topological polar surface area (TPSA) is 35.0 Å². The van der Waals surface area contributed by atoms with Gasteiger partial charge in [0.05, 0.1) is 7.11 Å². The van der Waals surface area contributed by atoms with Crippen LogP contribution in [0.2, 0.25) is 0 Å². The number of rotatable bonds is 4. The van der Waals surface area contributed by atoms with E-state index in [1.807, 2.05) is 6.07 Å². The highest BCUT2D eigenvalue weighted by molar-refractivity contribution is 5.05. The molecule has 1 heterocycles. The van der Waals surface area contributed by atoms with E-state index in [2.05, 4.69) is 16.9 Å². The lowest BCUT2D eigenvalue weighted by Crippen LogP contribution is -1.95. The van der Waals surface area contributed by atoms with Crippen LogP contribution < -0.4 is 4.74 Å². The SMILES string of the molecule is CCCCc1ccnc(OC)n1. The van der Waals surface area contributed by atoms with Gasteiger partial charge in [0.15, 0.2) is 0 Å². The van der Waals surface area contributed by atoms with Crippen molar-refractivity contribution < 1.29 is 4.74 Å². The zero-order chi connectivity index (χ0) is 8.81. The molecule has 3 heteroatoms. The first-order valence-corrected chi connectivity index (χ1v) is 4.22. The Morgan fingerprint density at radius 2 is 2.33 bits per heavy atom. The van der Waals surface area contributed by atoms with Crippen molar-refractivity contribution in [3.63, 3.8) is 0 Å². The molecule has 3 nitrogen and oxygen atoms in total. The van der Waals surface area contributed by atoms with E-state index in [0.29, 0.717) is 6.01 Å². The van der Waals surface area contributed by atoms with E-state index in [9.17, 15) is 0 Å². The summed E-state index contributed by atoms with van der Waals surface area (Å²) < 4.78 is 4.91. The molecule has 0 bridgehead atoms. The average molecular weight is 166 g/mol. The van der Waals surface area contributed by atoms with E-state index in [1.54, 1.807) is 13.3 Å². The van der Waals surface area contributed by atoms with Crippen LogP contribution in [0.4, 0.5) is 0 Å². The highest BCUT2D eigenvalue weighted by Crippen LogP contribution is 2.05. The minimum Gasteiger partial charge on any atom is -0.467 e. The van der Waals surface area contributed by atoms with E-state index in [4.69, 9.17) is 4.74 Å². The third-order valence-corrected chi connectivity index (χ3v) is 1.66. The van der Waals surface area contributed by atoms with Crippen molar-refractivity contribution in [3.05, 3.63) is 18.0 Å². The Morgan fingerprint density at radius 1 is 1.50 bits per heavy atom. The first-order valence-electron chi connectivity index (χ1n) is 4.22. The van der Waals surface area contributed by atoms with Gasteiger partial charge in [-0.05, 0) is 18.9 Å². The van der Waals surface area contributed by atoms with Crippen LogP contribution in [0.1, 0.15) is 25.5 Å². The minimum atomic E-state index is 0.462. The maximum atomic E-state index is 4.91. The Balaban J connectivity index is 2.60. The van der Waals surface area contributed by atoms with Gasteiger partial charge in [0.25, 0.3) is 0 Å². The van der Waals surface area contributed by atoms with Crippen LogP contribution in [0, 0.1) is 0 Å². The number of nitrogens with zero attached hydrogens (tertiary/aromatic N) is 2. The van der Waals surface area contributed by atoms with Gasteiger partial charge in [-0.15, -0.1) is 0 Å². The molecule has 1 aromatic heterocycles. The van der Waals surface area contributed by atoms with Crippen LogP contribution in [0.3, 0.4) is 0 Å². The van der Waals surface area contributed by atoms with Gasteiger partial charge < -0.3 is 4.74 Å². The molecule has 0 aromatic carbocycles. The molecular weight excluding hydrogens is 152 g/mol. The predicted molar refractivity (Wildman–Crippen MR) is 47.2 cm³/mol. The molecule has 0 saturated carbocycles. The van der Waals surface area contributed by atoms with Gasteiger partial charge in [-0.3, -0.25) is 0 Å². The number of hydrogen-bond donors (Lipinski definition) is 0. The van der Waals surface area contributed by atoms with Crippen molar-refractivity contribution in [1.82, 2.24) is 9.97 Å². The van der Waals surface area contributed by atoms with Gasteiger partial charge in [0.2, 0.25) is 0 Å². The van der Waals surface area contributed by atoms with Gasteiger partial charge >= 0.3 is 6.01 Å². The highest BCUT2D eigenvalue weighted by Gasteiger charge is 1.97. The van der Waals surface area contributed by atoms with E-state index in [0.717, 1.165) is 12.1 Å². The minimum absolute atomic E-state index is 0.462. The summed E-state index contributed by atoms with van der Waals surface area (Å²) in [6.07, 6.45) is 5.10. The number of ether oxygens (including phenoxy) is 1. The van der Waals surface area contributed by atoms with Crippen molar-refractivity contribution in [1.29, 1.82) is 0 Å². The van der Waals surface area contributed by atoms with Crippen molar-refractivity contribution in [2.24, 2.45) is 0 Å². The molecule has 0 aliphatic rings. The van der Waals surface area contributed by atoms with Crippen molar-refractivity contribution in [2.75, 3.05) is 7.11 Å². The first kappa shape index (κ1) is 8.97. The molecule has 66 valence electrons. The van der Waals surface area contributed by atoms with Gasteiger partial charge in [-0.2, -0.15) is 0 Å². The molecule has 0 spiro atoms. The summed E-state index contributed by atoms with van der Waals surface area (Å²) in [5, 5.41) is 0. The van der Waals surface area contributed by atoms with Gasteiger partial charge in [-0.1, -0.05) is 13.3 Å². The van der Waals surface area contributed by atoms with E-state index < -0.39 is 0 Å². The van der Waals surface area contributed by atoms with Crippen LogP contribution in [-0.2, 0) is 6.42 Å². The van der Waals surface area contributed by atoms with Crippen molar-refractivity contribution in [2.45, 2.75) is 26.2 Å². The monoisotopic (exact) mass is 166 g/mol. The number of unbranched alkanes of at least 4 members (excludes halogenated alkanes) is 1. The summed E-state index contributed by atoms with van der Waals surface area (Å²) in [5.74, 6) is 0. The second kappa shape index (κ2) is 4.70. The van der Waals surface area contributed by atoms with E-state index in [-0.39, 0.29) is 0 Å². The molecule has 1 aromatic rings. The smallest absolute Gasteiger partial charge is 0.316 e. The second-order valence-corrected chi connectivity index (χ2v) is 2.64. The molecule has 1 rings (SSSR count). The first-order chi connectivity index (χ1) is 5.86. The summed E-state index contributed by atoms with van der Waals surface area (Å²) in [4.78, 5) is 8.13. The molecule has 0 amide bonds. The third kappa shape index (κ3) is 2.49. The van der Waals surface area contributed by atoms with Crippen molar-refractivity contribution >= 4 is 0 Å². The summed E-state index contributed by atoms with van der Waals surface area (Å²) in [6, 6.07) is 2.39. The maximum absolute atomic E-state index is 4.91.